The predicted octanol–water partition coefficient (Wildman–Crippen LogP) is 2.59. The van der Waals surface area contributed by atoms with Crippen molar-refractivity contribution < 1.29 is 9.53 Å². The summed E-state index contributed by atoms with van der Waals surface area (Å²) in [7, 11) is 0. The zero-order valence-corrected chi connectivity index (χ0v) is 11.0. The summed E-state index contributed by atoms with van der Waals surface area (Å²) in [6.45, 7) is 5.08. The molecule has 17 heavy (non-hydrogen) atoms. The highest BCUT2D eigenvalue weighted by Crippen LogP contribution is 2.21. The lowest BCUT2D eigenvalue weighted by Crippen LogP contribution is -2.39. The number of piperidine rings is 1. The molecule has 2 fully saturated rings. The second kappa shape index (κ2) is 6.39. The average Bonchev–Trinajstić information content (AvgIpc) is 2.89. The third kappa shape index (κ3) is 3.70. The molecule has 0 bridgehead atoms. The molecule has 3 heteroatoms. The summed E-state index contributed by atoms with van der Waals surface area (Å²) < 4.78 is 5.56. The number of nitrogens with zero attached hydrogens (tertiary/aromatic N) is 1. The van der Waals surface area contributed by atoms with Crippen LogP contribution in [0.15, 0.2) is 0 Å². The van der Waals surface area contributed by atoms with E-state index in [9.17, 15) is 4.79 Å². The van der Waals surface area contributed by atoms with Gasteiger partial charge < -0.3 is 9.64 Å². The Morgan fingerprint density at radius 3 is 2.94 bits per heavy atom. The van der Waals surface area contributed by atoms with Crippen LogP contribution in [0.2, 0.25) is 0 Å². The maximum Gasteiger partial charge on any atom is 0.222 e. The zero-order valence-electron chi connectivity index (χ0n) is 11.0. The van der Waals surface area contributed by atoms with Crippen molar-refractivity contribution in [1.29, 1.82) is 0 Å². The van der Waals surface area contributed by atoms with Crippen LogP contribution in [0, 0.1) is 5.92 Å². The van der Waals surface area contributed by atoms with Crippen molar-refractivity contribution in [3.05, 3.63) is 0 Å². The lowest BCUT2D eigenvalue weighted by molar-refractivity contribution is -0.133. The molecule has 0 radical (unpaired) electrons. The Bertz CT molecular complexity index is 249. The van der Waals surface area contributed by atoms with Crippen molar-refractivity contribution in [3.63, 3.8) is 0 Å². The summed E-state index contributed by atoms with van der Waals surface area (Å²) in [5.74, 6) is 1.08. The van der Waals surface area contributed by atoms with E-state index < -0.39 is 0 Å². The van der Waals surface area contributed by atoms with E-state index in [1.54, 1.807) is 0 Å². The molecule has 0 N–H and O–H groups in total. The van der Waals surface area contributed by atoms with Crippen molar-refractivity contribution in [2.24, 2.45) is 5.92 Å². The SMILES string of the molecule is CC[C@H]1CCCN(C(=O)CC[C@H]2CCCO2)C1. The highest BCUT2D eigenvalue weighted by Gasteiger charge is 2.23. The Hall–Kier alpha value is -0.570. The number of rotatable bonds is 4. The molecule has 2 atom stereocenters. The molecule has 0 aromatic rings. The van der Waals surface area contributed by atoms with Gasteiger partial charge in [-0.15, -0.1) is 0 Å². The van der Waals surface area contributed by atoms with Crippen LogP contribution in [0.3, 0.4) is 0 Å². The molecule has 0 aromatic heterocycles. The molecule has 1 amide bonds. The van der Waals surface area contributed by atoms with Crippen LogP contribution >= 0.6 is 0 Å². The zero-order chi connectivity index (χ0) is 12.1. The van der Waals surface area contributed by atoms with Crippen LogP contribution in [-0.4, -0.2) is 36.6 Å². The van der Waals surface area contributed by atoms with E-state index in [1.165, 1.54) is 25.7 Å². The second-order valence-electron chi connectivity index (χ2n) is 5.43. The molecule has 0 aromatic carbocycles. The minimum atomic E-state index is 0.346. The molecule has 0 unspecified atom stereocenters. The molecule has 98 valence electrons. The molecule has 2 rings (SSSR count). The third-order valence-electron chi connectivity index (χ3n) is 4.15. The number of carbonyl (C=O) groups is 1. The highest BCUT2D eigenvalue weighted by atomic mass is 16.5. The van der Waals surface area contributed by atoms with Gasteiger partial charge in [-0.2, -0.15) is 0 Å². The lowest BCUT2D eigenvalue weighted by atomic mass is 9.95. The molecule has 3 nitrogen and oxygen atoms in total. The number of hydrogen-bond donors (Lipinski definition) is 0. The molecule has 2 aliphatic rings. The van der Waals surface area contributed by atoms with E-state index in [0.717, 1.165) is 38.5 Å². The summed E-state index contributed by atoms with van der Waals surface area (Å²) in [6.07, 6.45) is 7.95. The monoisotopic (exact) mass is 239 g/mol. The number of carbonyl (C=O) groups excluding carboxylic acids is 1. The summed E-state index contributed by atoms with van der Waals surface area (Å²) in [6, 6.07) is 0. The van der Waals surface area contributed by atoms with Gasteiger partial charge in [0.25, 0.3) is 0 Å². The van der Waals surface area contributed by atoms with Crippen LogP contribution in [0.4, 0.5) is 0 Å². The molecular weight excluding hydrogens is 214 g/mol. The van der Waals surface area contributed by atoms with Crippen LogP contribution < -0.4 is 0 Å². The largest absolute Gasteiger partial charge is 0.378 e. The first-order valence-corrected chi connectivity index (χ1v) is 7.19. The Morgan fingerprint density at radius 1 is 1.35 bits per heavy atom. The van der Waals surface area contributed by atoms with Gasteiger partial charge in [0.15, 0.2) is 0 Å². The molecule has 0 aliphatic carbocycles. The minimum Gasteiger partial charge on any atom is -0.378 e. The van der Waals surface area contributed by atoms with Crippen molar-refractivity contribution >= 4 is 5.91 Å². The van der Waals surface area contributed by atoms with Crippen molar-refractivity contribution in [3.8, 4) is 0 Å². The quantitative estimate of drug-likeness (QED) is 0.754. The second-order valence-corrected chi connectivity index (χ2v) is 5.43. The molecule has 2 heterocycles. The first kappa shape index (κ1) is 12.9. The van der Waals surface area contributed by atoms with Crippen LogP contribution in [0.1, 0.15) is 51.9 Å². The third-order valence-corrected chi connectivity index (χ3v) is 4.15. The van der Waals surface area contributed by atoms with E-state index in [1.807, 2.05) is 0 Å². The fourth-order valence-corrected chi connectivity index (χ4v) is 2.94. The van der Waals surface area contributed by atoms with E-state index in [2.05, 4.69) is 11.8 Å². The maximum absolute atomic E-state index is 12.1. The van der Waals surface area contributed by atoms with E-state index >= 15 is 0 Å². The number of likely N-dealkylation sites (tertiary alicyclic amines) is 1. The minimum absolute atomic E-state index is 0.346. The fraction of sp³-hybridized carbons (Fsp3) is 0.929. The highest BCUT2D eigenvalue weighted by molar-refractivity contribution is 5.76. The Balaban J connectivity index is 1.71. The molecule has 0 saturated carbocycles. The van der Waals surface area contributed by atoms with Crippen LogP contribution in [0.5, 0.6) is 0 Å². The smallest absolute Gasteiger partial charge is 0.222 e. The summed E-state index contributed by atoms with van der Waals surface area (Å²) in [5.41, 5.74) is 0. The molecule has 0 spiro atoms. The van der Waals surface area contributed by atoms with E-state index in [4.69, 9.17) is 4.74 Å². The Morgan fingerprint density at radius 2 is 2.24 bits per heavy atom. The Kier molecular flexibility index (Phi) is 4.84. The van der Waals surface area contributed by atoms with E-state index in [0.29, 0.717) is 18.4 Å². The van der Waals surface area contributed by atoms with Gasteiger partial charge in [-0.05, 0) is 38.0 Å². The van der Waals surface area contributed by atoms with E-state index in [-0.39, 0.29) is 0 Å². The van der Waals surface area contributed by atoms with Crippen molar-refractivity contribution in [2.45, 2.75) is 58.0 Å². The summed E-state index contributed by atoms with van der Waals surface area (Å²) >= 11 is 0. The first-order valence-electron chi connectivity index (χ1n) is 7.19. The summed E-state index contributed by atoms with van der Waals surface area (Å²) in [5, 5.41) is 0. The van der Waals surface area contributed by atoms with Gasteiger partial charge in [-0.1, -0.05) is 13.3 Å². The number of amides is 1. The van der Waals surface area contributed by atoms with Crippen molar-refractivity contribution in [1.82, 2.24) is 4.90 Å². The summed E-state index contributed by atoms with van der Waals surface area (Å²) in [4.78, 5) is 14.2. The van der Waals surface area contributed by atoms with Crippen LogP contribution in [-0.2, 0) is 9.53 Å². The fourth-order valence-electron chi connectivity index (χ4n) is 2.94. The Labute approximate surface area is 105 Å². The van der Waals surface area contributed by atoms with Gasteiger partial charge in [0, 0.05) is 26.1 Å². The first-order chi connectivity index (χ1) is 8.29. The van der Waals surface area contributed by atoms with Gasteiger partial charge in [0.05, 0.1) is 6.10 Å². The molecule has 2 aliphatic heterocycles. The predicted molar refractivity (Wildman–Crippen MR) is 67.8 cm³/mol. The van der Waals surface area contributed by atoms with Gasteiger partial charge in [0.2, 0.25) is 5.91 Å². The van der Waals surface area contributed by atoms with Crippen molar-refractivity contribution in [2.75, 3.05) is 19.7 Å². The lowest BCUT2D eigenvalue weighted by Gasteiger charge is -2.32. The van der Waals surface area contributed by atoms with Gasteiger partial charge in [-0.25, -0.2) is 0 Å². The topological polar surface area (TPSA) is 29.5 Å². The maximum atomic E-state index is 12.1. The number of ether oxygens (including phenoxy) is 1. The molecular formula is C14H25NO2. The average molecular weight is 239 g/mol. The van der Waals surface area contributed by atoms with Crippen LogP contribution in [0.25, 0.3) is 0 Å². The van der Waals surface area contributed by atoms with Gasteiger partial charge in [0.1, 0.15) is 0 Å². The van der Waals surface area contributed by atoms with Gasteiger partial charge in [-0.3, -0.25) is 4.79 Å². The number of hydrogen-bond acceptors (Lipinski definition) is 2. The normalized spacial score (nSPS) is 29.6. The van der Waals surface area contributed by atoms with Gasteiger partial charge >= 0.3 is 0 Å². The molecule has 2 saturated heterocycles. The standard InChI is InChI=1S/C14H25NO2/c1-2-12-5-3-9-15(11-12)14(16)8-7-13-6-4-10-17-13/h12-13H,2-11H2,1H3/t12-,13+/m0/s1.